The standard InChI is InChI=1S/C14H19NO5S/c1-4-20-13(16)9-8-10(2)21-14-11(15(17)18)6-5-7-12(14)19-3/h5-7,10H,4,8-9H2,1-3H3/t10-/m0/s1. The molecule has 0 unspecified atom stereocenters. The summed E-state index contributed by atoms with van der Waals surface area (Å²) < 4.78 is 10.1. The zero-order valence-electron chi connectivity index (χ0n) is 12.3. The van der Waals surface area contributed by atoms with Crippen molar-refractivity contribution in [2.45, 2.75) is 36.8 Å². The van der Waals surface area contributed by atoms with Gasteiger partial charge in [-0.15, -0.1) is 11.8 Å². The van der Waals surface area contributed by atoms with Crippen LogP contribution in [0, 0.1) is 10.1 Å². The van der Waals surface area contributed by atoms with Gasteiger partial charge in [0.05, 0.1) is 18.6 Å². The Kier molecular flexibility index (Phi) is 7.01. The van der Waals surface area contributed by atoms with Crippen LogP contribution in [0.4, 0.5) is 5.69 Å². The number of methoxy groups -OCH3 is 1. The van der Waals surface area contributed by atoms with Gasteiger partial charge < -0.3 is 9.47 Å². The predicted octanol–water partition coefficient (Wildman–Crippen LogP) is 3.43. The number of ether oxygens (including phenoxy) is 2. The minimum Gasteiger partial charge on any atom is -0.495 e. The van der Waals surface area contributed by atoms with Crippen LogP contribution in [0.3, 0.4) is 0 Å². The number of nitrogens with zero attached hydrogens (tertiary/aromatic N) is 1. The van der Waals surface area contributed by atoms with Crippen LogP contribution in [0.15, 0.2) is 23.1 Å². The van der Waals surface area contributed by atoms with Crippen molar-refractivity contribution in [2.24, 2.45) is 0 Å². The monoisotopic (exact) mass is 313 g/mol. The van der Waals surface area contributed by atoms with Gasteiger partial charge in [-0.3, -0.25) is 14.9 Å². The lowest BCUT2D eigenvalue weighted by Gasteiger charge is -2.13. The van der Waals surface area contributed by atoms with E-state index in [-0.39, 0.29) is 16.9 Å². The summed E-state index contributed by atoms with van der Waals surface area (Å²) in [6, 6.07) is 4.72. The third-order valence-corrected chi connectivity index (χ3v) is 4.04. The molecule has 0 aliphatic carbocycles. The second-order valence-electron chi connectivity index (χ2n) is 4.34. The Morgan fingerprint density at radius 3 is 2.76 bits per heavy atom. The van der Waals surface area contributed by atoms with E-state index >= 15 is 0 Å². The number of nitro groups is 1. The normalized spacial score (nSPS) is 11.8. The van der Waals surface area contributed by atoms with Crippen molar-refractivity contribution in [3.63, 3.8) is 0 Å². The molecule has 21 heavy (non-hydrogen) atoms. The van der Waals surface area contributed by atoms with E-state index in [9.17, 15) is 14.9 Å². The Labute approximate surface area is 128 Å². The van der Waals surface area contributed by atoms with Crippen LogP contribution in [0.2, 0.25) is 0 Å². The molecule has 0 saturated carbocycles. The molecule has 1 aromatic rings. The lowest BCUT2D eigenvalue weighted by Crippen LogP contribution is -2.07. The molecule has 0 heterocycles. The van der Waals surface area contributed by atoms with Crippen LogP contribution in [0.5, 0.6) is 5.75 Å². The number of hydrogen-bond donors (Lipinski definition) is 0. The van der Waals surface area contributed by atoms with Gasteiger partial charge in [0, 0.05) is 17.7 Å². The average Bonchev–Trinajstić information content (AvgIpc) is 2.45. The first-order valence-corrected chi connectivity index (χ1v) is 7.51. The number of benzene rings is 1. The van der Waals surface area contributed by atoms with E-state index in [1.54, 1.807) is 19.1 Å². The molecular weight excluding hydrogens is 294 g/mol. The fourth-order valence-electron chi connectivity index (χ4n) is 1.74. The predicted molar refractivity (Wildman–Crippen MR) is 80.8 cm³/mol. The van der Waals surface area contributed by atoms with Crippen molar-refractivity contribution in [1.29, 1.82) is 0 Å². The van der Waals surface area contributed by atoms with Gasteiger partial charge in [-0.05, 0) is 19.4 Å². The van der Waals surface area contributed by atoms with Crippen LogP contribution in [-0.4, -0.2) is 29.9 Å². The summed E-state index contributed by atoms with van der Waals surface area (Å²) in [4.78, 5) is 22.5. The van der Waals surface area contributed by atoms with Gasteiger partial charge in [0.15, 0.2) is 0 Å². The summed E-state index contributed by atoms with van der Waals surface area (Å²) in [5.41, 5.74) is 0.0161. The molecule has 0 spiro atoms. The van der Waals surface area contributed by atoms with Gasteiger partial charge in [0.2, 0.25) is 0 Å². The molecule has 0 fully saturated rings. The molecule has 0 radical (unpaired) electrons. The van der Waals surface area contributed by atoms with Crippen molar-refractivity contribution >= 4 is 23.4 Å². The van der Waals surface area contributed by atoms with Crippen molar-refractivity contribution in [3.8, 4) is 5.75 Å². The number of carbonyl (C=O) groups is 1. The zero-order chi connectivity index (χ0) is 15.8. The molecule has 0 aliphatic rings. The molecule has 1 aromatic carbocycles. The van der Waals surface area contributed by atoms with Crippen LogP contribution < -0.4 is 4.74 Å². The largest absolute Gasteiger partial charge is 0.495 e. The molecular formula is C14H19NO5S. The molecule has 1 rings (SSSR count). The number of hydrogen-bond acceptors (Lipinski definition) is 6. The van der Waals surface area contributed by atoms with Gasteiger partial charge in [0.25, 0.3) is 5.69 Å². The summed E-state index contributed by atoms with van der Waals surface area (Å²) in [7, 11) is 1.48. The van der Waals surface area contributed by atoms with E-state index in [2.05, 4.69) is 0 Å². The molecule has 7 heteroatoms. The van der Waals surface area contributed by atoms with E-state index in [0.717, 1.165) is 0 Å². The molecule has 0 aromatic heterocycles. The second-order valence-corrected chi connectivity index (χ2v) is 5.79. The Morgan fingerprint density at radius 2 is 2.19 bits per heavy atom. The fraction of sp³-hybridized carbons (Fsp3) is 0.500. The highest BCUT2D eigenvalue weighted by molar-refractivity contribution is 8.00. The Hall–Kier alpha value is -1.76. The SMILES string of the molecule is CCOC(=O)CC[C@H](C)Sc1c(OC)cccc1[N+](=O)[O-]. The topological polar surface area (TPSA) is 78.7 Å². The smallest absolute Gasteiger partial charge is 0.305 e. The van der Waals surface area contributed by atoms with Crippen molar-refractivity contribution in [3.05, 3.63) is 28.3 Å². The fourth-order valence-corrected chi connectivity index (χ4v) is 2.91. The van der Waals surface area contributed by atoms with Gasteiger partial charge >= 0.3 is 5.97 Å². The maximum Gasteiger partial charge on any atom is 0.305 e. The summed E-state index contributed by atoms with van der Waals surface area (Å²) in [5.74, 6) is 0.219. The van der Waals surface area contributed by atoms with Crippen LogP contribution >= 0.6 is 11.8 Å². The van der Waals surface area contributed by atoms with Gasteiger partial charge in [-0.25, -0.2) is 0 Å². The molecule has 0 aliphatic heterocycles. The summed E-state index contributed by atoms with van der Waals surface area (Å²) >= 11 is 1.34. The van der Waals surface area contributed by atoms with Crippen LogP contribution in [0.1, 0.15) is 26.7 Å². The van der Waals surface area contributed by atoms with Gasteiger partial charge in [-0.1, -0.05) is 13.0 Å². The third kappa shape index (κ3) is 5.26. The molecule has 116 valence electrons. The minimum absolute atomic E-state index is 0.0161. The molecule has 0 amide bonds. The number of esters is 1. The van der Waals surface area contributed by atoms with Crippen molar-refractivity contribution in [2.75, 3.05) is 13.7 Å². The third-order valence-electron chi connectivity index (χ3n) is 2.75. The highest BCUT2D eigenvalue weighted by Gasteiger charge is 2.21. The second kappa shape index (κ2) is 8.51. The highest BCUT2D eigenvalue weighted by Crippen LogP contribution is 2.40. The first-order valence-electron chi connectivity index (χ1n) is 6.63. The molecule has 0 N–H and O–H groups in total. The molecule has 1 atom stereocenters. The lowest BCUT2D eigenvalue weighted by atomic mass is 10.2. The number of nitro benzene ring substituents is 1. The first kappa shape index (κ1) is 17.3. The summed E-state index contributed by atoms with van der Waals surface area (Å²) in [6.45, 7) is 4.03. The average molecular weight is 313 g/mol. The van der Waals surface area contributed by atoms with Crippen LogP contribution in [-0.2, 0) is 9.53 Å². The maximum atomic E-state index is 11.3. The minimum atomic E-state index is -0.428. The van der Waals surface area contributed by atoms with E-state index in [4.69, 9.17) is 9.47 Å². The lowest BCUT2D eigenvalue weighted by molar-refractivity contribution is -0.387. The maximum absolute atomic E-state index is 11.3. The van der Waals surface area contributed by atoms with Crippen LogP contribution in [0.25, 0.3) is 0 Å². The summed E-state index contributed by atoms with van der Waals surface area (Å²) in [5, 5.41) is 11.1. The molecule has 0 saturated heterocycles. The molecule has 6 nitrogen and oxygen atoms in total. The Balaban J connectivity index is 2.77. The quantitative estimate of drug-likeness (QED) is 0.317. The van der Waals surface area contributed by atoms with E-state index < -0.39 is 4.92 Å². The first-order chi connectivity index (χ1) is 9.99. The number of rotatable bonds is 8. The highest BCUT2D eigenvalue weighted by atomic mass is 32.2. The molecule has 0 bridgehead atoms. The number of carbonyl (C=O) groups excluding carboxylic acids is 1. The van der Waals surface area contributed by atoms with E-state index in [1.807, 2.05) is 6.92 Å². The zero-order valence-corrected chi connectivity index (χ0v) is 13.1. The van der Waals surface area contributed by atoms with E-state index in [0.29, 0.717) is 30.1 Å². The summed E-state index contributed by atoms with van der Waals surface area (Å²) in [6.07, 6.45) is 0.879. The van der Waals surface area contributed by atoms with Gasteiger partial charge in [-0.2, -0.15) is 0 Å². The number of thioether (sulfide) groups is 1. The Morgan fingerprint density at radius 1 is 1.48 bits per heavy atom. The Bertz CT molecular complexity index is 506. The van der Waals surface area contributed by atoms with E-state index in [1.165, 1.54) is 24.9 Å². The van der Waals surface area contributed by atoms with Gasteiger partial charge in [0.1, 0.15) is 10.6 Å². The van der Waals surface area contributed by atoms with Crippen molar-refractivity contribution < 1.29 is 19.2 Å². The van der Waals surface area contributed by atoms with Crippen molar-refractivity contribution in [1.82, 2.24) is 0 Å².